The molecule has 4 heterocycles. The second-order valence-corrected chi connectivity index (χ2v) is 9.08. The van der Waals surface area contributed by atoms with Crippen LogP contribution in [0.2, 0.25) is 0 Å². The second kappa shape index (κ2) is 9.97. The lowest BCUT2D eigenvalue weighted by Gasteiger charge is -2.35. The number of nitrogens with zero attached hydrogens (tertiary/aromatic N) is 6. The van der Waals surface area contributed by atoms with Crippen LogP contribution in [0.3, 0.4) is 0 Å². The van der Waals surface area contributed by atoms with Crippen LogP contribution < -0.4 is 10.1 Å². The molecule has 1 amide bonds. The van der Waals surface area contributed by atoms with Crippen molar-refractivity contribution in [1.29, 1.82) is 0 Å². The van der Waals surface area contributed by atoms with Crippen LogP contribution in [0.1, 0.15) is 42.0 Å². The van der Waals surface area contributed by atoms with Gasteiger partial charge in [0.15, 0.2) is 5.82 Å². The van der Waals surface area contributed by atoms with Gasteiger partial charge in [-0.1, -0.05) is 12.1 Å². The molecule has 0 atom stereocenters. The average molecular weight is 510 g/mol. The molecule has 1 N–H and O–H groups in total. The summed E-state index contributed by atoms with van der Waals surface area (Å²) in [5.41, 5.74) is 1.97. The largest absolute Gasteiger partial charge is 0.492 e. The zero-order valence-electron chi connectivity index (χ0n) is 20.6. The maximum Gasteiger partial charge on any atom is 0.270 e. The first-order chi connectivity index (χ1) is 18.6. The number of rotatable bonds is 7. The quantitative estimate of drug-likeness (QED) is 0.345. The van der Waals surface area contributed by atoms with Gasteiger partial charge in [0, 0.05) is 29.7 Å². The van der Waals surface area contributed by atoms with Gasteiger partial charge in [0.05, 0.1) is 24.0 Å². The zero-order valence-corrected chi connectivity index (χ0v) is 20.6. The first-order valence-electron chi connectivity index (χ1n) is 12.4. The molecule has 1 fully saturated rings. The molecule has 1 aliphatic carbocycles. The van der Waals surface area contributed by atoms with Gasteiger partial charge in [-0.05, 0) is 62.2 Å². The third-order valence-corrected chi connectivity index (χ3v) is 6.62. The molecule has 1 aromatic carbocycles. The van der Waals surface area contributed by atoms with Crippen LogP contribution in [0.15, 0.2) is 73.2 Å². The molecular weight excluding hydrogens is 485 g/mol. The van der Waals surface area contributed by atoms with E-state index in [4.69, 9.17) is 4.74 Å². The minimum atomic E-state index is -0.387. The highest BCUT2D eigenvalue weighted by Gasteiger charge is 2.36. The number of aromatic nitrogens is 6. The van der Waals surface area contributed by atoms with Gasteiger partial charge in [0.1, 0.15) is 28.8 Å². The van der Waals surface area contributed by atoms with E-state index in [2.05, 4.69) is 30.5 Å². The molecule has 4 aromatic heterocycles. The van der Waals surface area contributed by atoms with Crippen molar-refractivity contribution >= 4 is 16.8 Å². The fourth-order valence-electron chi connectivity index (χ4n) is 4.66. The Morgan fingerprint density at radius 2 is 1.95 bits per heavy atom. The Balaban J connectivity index is 1.23. The first-order valence-corrected chi connectivity index (χ1v) is 12.4. The summed E-state index contributed by atoms with van der Waals surface area (Å²) in [4.78, 5) is 25.8. The molecule has 190 valence electrons. The first kappa shape index (κ1) is 23.7. The molecule has 1 saturated carbocycles. The number of pyridine rings is 3. The molecule has 0 unspecified atom stereocenters. The maximum atomic E-state index is 14.9. The molecule has 0 spiro atoms. The fourth-order valence-corrected chi connectivity index (χ4v) is 4.66. The number of carbonyl (C=O) groups is 1. The Labute approximate surface area is 217 Å². The standard InChI is InChI=1S/C28H24FN7O2/c1-2-38-20-8-10-23(31-16-20)27-35-34-26(36(27)25-6-4-3-5-21(25)29)18-13-19(14-18)32-28(37)24-9-7-17-15-30-12-11-22(17)33-24/h3-12,15-16,18-19H,2,13-14H2,1H3,(H,32,37)/t18-,19-. The lowest BCUT2D eigenvalue weighted by atomic mass is 9.79. The molecule has 38 heavy (non-hydrogen) atoms. The normalized spacial score (nSPS) is 16.7. The number of fused-ring (bicyclic) bond motifs is 1. The Bertz CT molecular complexity index is 1610. The SMILES string of the molecule is CCOc1ccc(-c2nnc([C@H]3C[C@H](NC(=O)c4ccc5cnccc5n4)C3)n2-c2ccccc2F)nc1. The summed E-state index contributed by atoms with van der Waals surface area (Å²) in [5.74, 6) is 1.07. The van der Waals surface area contributed by atoms with E-state index >= 15 is 0 Å². The number of halogens is 1. The van der Waals surface area contributed by atoms with Gasteiger partial charge < -0.3 is 10.1 Å². The molecule has 0 radical (unpaired) electrons. The van der Waals surface area contributed by atoms with E-state index in [0.717, 1.165) is 5.39 Å². The molecular formula is C28H24FN7O2. The van der Waals surface area contributed by atoms with Crippen LogP contribution in [0.25, 0.3) is 28.1 Å². The second-order valence-electron chi connectivity index (χ2n) is 9.08. The van der Waals surface area contributed by atoms with E-state index < -0.39 is 0 Å². The summed E-state index contributed by atoms with van der Waals surface area (Å²) < 4.78 is 22.2. The Morgan fingerprint density at radius 1 is 1.08 bits per heavy atom. The summed E-state index contributed by atoms with van der Waals surface area (Å²) in [6.07, 6.45) is 6.27. The van der Waals surface area contributed by atoms with Crippen molar-refractivity contribution in [3.8, 4) is 23.0 Å². The van der Waals surface area contributed by atoms with Crippen molar-refractivity contribution in [2.45, 2.75) is 31.7 Å². The third-order valence-electron chi connectivity index (χ3n) is 6.62. The van der Waals surface area contributed by atoms with Crippen molar-refractivity contribution in [2.24, 2.45) is 0 Å². The van der Waals surface area contributed by atoms with Gasteiger partial charge >= 0.3 is 0 Å². The summed E-state index contributed by atoms with van der Waals surface area (Å²) in [5, 5.41) is 12.7. The molecule has 0 saturated heterocycles. The maximum absolute atomic E-state index is 14.9. The van der Waals surface area contributed by atoms with E-state index in [1.807, 2.05) is 13.0 Å². The highest BCUT2D eigenvalue weighted by molar-refractivity contribution is 5.95. The number of hydrogen-bond donors (Lipinski definition) is 1. The highest BCUT2D eigenvalue weighted by Crippen LogP contribution is 2.39. The molecule has 10 heteroatoms. The summed E-state index contributed by atoms with van der Waals surface area (Å²) in [6.45, 7) is 2.43. The van der Waals surface area contributed by atoms with Crippen LogP contribution in [-0.4, -0.2) is 48.3 Å². The Morgan fingerprint density at radius 3 is 2.74 bits per heavy atom. The van der Waals surface area contributed by atoms with Crippen molar-refractivity contribution in [3.63, 3.8) is 0 Å². The molecule has 5 aromatic rings. The van der Waals surface area contributed by atoms with Gasteiger partial charge in [-0.15, -0.1) is 10.2 Å². The van der Waals surface area contributed by atoms with Crippen LogP contribution in [0.4, 0.5) is 4.39 Å². The van der Waals surface area contributed by atoms with E-state index in [9.17, 15) is 9.18 Å². The average Bonchev–Trinajstić information content (AvgIpc) is 3.35. The van der Waals surface area contributed by atoms with Crippen molar-refractivity contribution in [1.82, 2.24) is 35.0 Å². The lowest BCUT2D eigenvalue weighted by Crippen LogP contribution is -2.44. The number of nitrogens with one attached hydrogen (secondary N) is 1. The molecule has 9 nitrogen and oxygen atoms in total. The van der Waals surface area contributed by atoms with E-state index in [0.29, 0.717) is 59.4 Å². The number of ether oxygens (including phenoxy) is 1. The molecule has 0 aliphatic heterocycles. The zero-order chi connectivity index (χ0) is 26.1. The molecule has 6 rings (SSSR count). The minimum absolute atomic E-state index is 0.0144. The van der Waals surface area contributed by atoms with E-state index in [1.165, 1.54) is 6.07 Å². The van der Waals surface area contributed by atoms with E-state index in [1.54, 1.807) is 65.6 Å². The molecule has 0 bridgehead atoms. The Hall–Kier alpha value is -4.73. The predicted molar refractivity (Wildman–Crippen MR) is 138 cm³/mol. The van der Waals surface area contributed by atoms with Gasteiger partial charge in [-0.25, -0.2) is 14.4 Å². The number of hydrogen-bond acceptors (Lipinski definition) is 7. The van der Waals surface area contributed by atoms with Gasteiger partial charge in [0.2, 0.25) is 0 Å². The predicted octanol–water partition coefficient (Wildman–Crippen LogP) is 4.49. The summed E-state index contributed by atoms with van der Waals surface area (Å²) >= 11 is 0. The van der Waals surface area contributed by atoms with E-state index in [-0.39, 0.29) is 23.7 Å². The molecule has 1 aliphatic rings. The Kier molecular flexibility index (Phi) is 6.20. The number of benzene rings is 1. The van der Waals surface area contributed by atoms with Crippen molar-refractivity contribution < 1.29 is 13.9 Å². The smallest absolute Gasteiger partial charge is 0.270 e. The highest BCUT2D eigenvalue weighted by atomic mass is 19.1. The minimum Gasteiger partial charge on any atom is -0.492 e. The lowest BCUT2D eigenvalue weighted by molar-refractivity contribution is 0.0902. The number of carbonyl (C=O) groups excluding carboxylic acids is 1. The monoisotopic (exact) mass is 509 g/mol. The topological polar surface area (TPSA) is 108 Å². The van der Waals surface area contributed by atoms with Crippen molar-refractivity contribution in [3.05, 3.63) is 90.5 Å². The summed E-state index contributed by atoms with van der Waals surface area (Å²) in [7, 11) is 0. The fraction of sp³-hybridized carbons (Fsp3) is 0.214. The number of amides is 1. The van der Waals surface area contributed by atoms with Gasteiger partial charge in [-0.3, -0.25) is 14.3 Å². The van der Waals surface area contributed by atoms with Crippen LogP contribution in [0, 0.1) is 5.82 Å². The van der Waals surface area contributed by atoms with Gasteiger partial charge in [-0.2, -0.15) is 0 Å². The van der Waals surface area contributed by atoms with Crippen LogP contribution in [-0.2, 0) is 0 Å². The van der Waals surface area contributed by atoms with Gasteiger partial charge in [0.25, 0.3) is 5.91 Å². The van der Waals surface area contributed by atoms with Crippen LogP contribution >= 0.6 is 0 Å². The third kappa shape index (κ3) is 4.45. The summed E-state index contributed by atoms with van der Waals surface area (Å²) in [6, 6.07) is 15.4. The van der Waals surface area contributed by atoms with Crippen LogP contribution in [0.5, 0.6) is 5.75 Å². The van der Waals surface area contributed by atoms with Crippen molar-refractivity contribution in [2.75, 3.05) is 6.61 Å². The number of para-hydroxylation sites is 1.